The largest absolute Gasteiger partial charge is 0.349 e. The van der Waals surface area contributed by atoms with Gasteiger partial charge in [0.05, 0.1) is 12.5 Å². The van der Waals surface area contributed by atoms with Crippen molar-refractivity contribution in [3.63, 3.8) is 0 Å². The van der Waals surface area contributed by atoms with E-state index in [9.17, 15) is 14.4 Å². The summed E-state index contributed by atoms with van der Waals surface area (Å²) in [7, 11) is 0. The van der Waals surface area contributed by atoms with E-state index in [1.165, 1.54) is 12.8 Å². The standard InChI is InChI=1S/C16H25N5O3/c22-14-8-7-11(10-21(14)12-5-3-1-2-4-6-12)15(23)17-9-13-18-16(24)20-19-13/h11-12H,1-10H2,(H,17,23)(H2,18,19,20,24). The second-order valence-corrected chi connectivity index (χ2v) is 6.77. The summed E-state index contributed by atoms with van der Waals surface area (Å²) in [6.07, 6.45) is 7.94. The number of carbonyl (C=O) groups is 2. The summed E-state index contributed by atoms with van der Waals surface area (Å²) >= 11 is 0. The van der Waals surface area contributed by atoms with Crippen LogP contribution in [0.15, 0.2) is 4.79 Å². The Labute approximate surface area is 140 Å². The van der Waals surface area contributed by atoms with Gasteiger partial charge in [-0.05, 0) is 19.3 Å². The van der Waals surface area contributed by atoms with E-state index in [0.29, 0.717) is 31.3 Å². The van der Waals surface area contributed by atoms with Gasteiger partial charge >= 0.3 is 5.69 Å². The number of amides is 2. The van der Waals surface area contributed by atoms with Crippen LogP contribution in [0.25, 0.3) is 0 Å². The van der Waals surface area contributed by atoms with Gasteiger partial charge in [0.15, 0.2) is 0 Å². The van der Waals surface area contributed by atoms with Crippen molar-refractivity contribution in [3.05, 3.63) is 16.3 Å². The van der Waals surface area contributed by atoms with Crippen LogP contribution >= 0.6 is 0 Å². The molecule has 2 amide bonds. The maximum atomic E-state index is 12.4. The molecular weight excluding hydrogens is 310 g/mol. The fourth-order valence-corrected chi connectivity index (χ4v) is 3.71. The third-order valence-electron chi connectivity index (χ3n) is 5.06. The Morgan fingerprint density at radius 1 is 1.17 bits per heavy atom. The Morgan fingerprint density at radius 2 is 1.92 bits per heavy atom. The van der Waals surface area contributed by atoms with Gasteiger partial charge in [0.25, 0.3) is 0 Å². The van der Waals surface area contributed by atoms with Crippen LogP contribution < -0.4 is 11.0 Å². The van der Waals surface area contributed by atoms with Crippen molar-refractivity contribution in [3.8, 4) is 0 Å². The lowest BCUT2D eigenvalue weighted by atomic mass is 9.93. The highest BCUT2D eigenvalue weighted by Crippen LogP contribution is 2.27. The molecule has 1 atom stereocenters. The molecule has 0 bridgehead atoms. The van der Waals surface area contributed by atoms with Crippen molar-refractivity contribution in [2.75, 3.05) is 6.54 Å². The highest BCUT2D eigenvalue weighted by Gasteiger charge is 2.34. The number of aromatic amines is 2. The number of hydrogen-bond donors (Lipinski definition) is 3. The van der Waals surface area contributed by atoms with Crippen molar-refractivity contribution in [1.82, 2.24) is 25.4 Å². The summed E-state index contributed by atoms with van der Waals surface area (Å²) in [5.74, 6) is 0.324. The Hall–Kier alpha value is -2.12. The SMILES string of the molecule is O=C(NCc1n[nH]c(=O)[nH]1)C1CCC(=O)N(C2CCCCCC2)C1. The first-order chi connectivity index (χ1) is 11.6. The van der Waals surface area contributed by atoms with E-state index in [1.54, 1.807) is 0 Å². The average molecular weight is 335 g/mol. The van der Waals surface area contributed by atoms with Gasteiger partial charge in [0.1, 0.15) is 5.82 Å². The molecule has 2 heterocycles. The summed E-state index contributed by atoms with van der Waals surface area (Å²) in [5, 5.41) is 8.84. The van der Waals surface area contributed by atoms with Gasteiger partial charge in [-0.15, -0.1) is 0 Å². The van der Waals surface area contributed by atoms with Crippen LogP contribution in [0.4, 0.5) is 0 Å². The number of hydrogen-bond acceptors (Lipinski definition) is 4. The summed E-state index contributed by atoms with van der Waals surface area (Å²) in [4.78, 5) is 40.1. The molecule has 1 saturated heterocycles. The molecular formula is C16H25N5O3. The lowest BCUT2D eigenvalue weighted by Crippen LogP contribution is -2.49. The van der Waals surface area contributed by atoms with Crippen molar-refractivity contribution in [2.45, 2.75) is 64.0 Å². The smallest absolute Gasteiger partial charge is 0.340 e. The molecule has 3 rings (SSSR count). The number of likely N-dealkylation sites (tertiary alicyclic amines) is 1. The lowest BCUT2D eigenvalue weighted by molar-refractivity contribution is -0.141. The number of piperidine rings is 1. The summed E-state index contributed by atoms with van der Waals surface area (Å²) < 4.78 is 0. The van der Waals surface area contributed by atoms with Gasteiger partial charge in [-0.2, -0.15) is 5.10 Å². The van der Waals surface area contributed by atoms with Gasteiger partial charge in [-0.25, -0.2) is 9.89 Å². The minimum absolute atomic E-state index is 0.0787. The van der Waals surface area contributed by atoms with Crippen LogP contribution in [0.5, 0.6) is 0 Å². The normalized spacial score (nSPS) is 23.1. The zero-order valence-corrected chi connectivity index (χ0v) is 13.8. The van der Waals surface area contributed by atoms with Crippen LogP contribution in [0.2, 0.25) is 0 Å². The van der Waals surface area contributed by atoms with Crippen molar-refractivity contribution in [2.24, 2.45) is 5.92 Å². The van der Waals surface area contributed by atoms with E-state index in [4.69, 9.17) is 0 Å². The number of nitrogens with one attached hydrogen (secondary N) is 3. The maximum absolute atomic E-state index is 12.4. The van der Waals surface area contributed by atoms with E-state index in [2.05, 4.69) is 20.5 Å². The molecule has 1 aliphatic carbocycles. The van der Waals surface area contributed by atoms with E-state index in [-0.39, 0.29) is 30.0 Å². The van der Waals surface area contributed by atoms with Gasteiger partial charge in [0, 0.05) is 19.0 Å². The molecule has 1 aromatic heterocycles. The third kappa shape index (κ3) is 4.04. The highest BCUT2D eigenvalue weighted by atomic mass is 16.2. The fourth-order valence-electron chi connectivity index (χ4n) is 3.71. The first-order valence-corrected chi connectivity index (χ1v) is 8.84. The summed E-state index contributed by atoms with van der Waals surface area (Å²) in [5.41, 5.74) is -0.387. The molecule has 1 aromatic rings. The molecule has 3 N–H and O–H groups in total. The minimum atomic E-state index is -0.387. The van der Waals surface area contributed by atoms with Gasteiger partial charge in [-0.1, -0.05) is 25.7 Å². The minimum Gasteiger partial charge on any atom is -0.349 e. The monoisotopic (exact) mass is 335 g/mol. The van der Waals surface area contributed by atoms with Crippen LogP contribution in [-0.2, 0) is 16.1 Å². The number of H-pyrrole nitrogens is 2. The van der Waals surface area contributed by atoms with E-state index < -0.39 is 0 Å². The quantitative estimate of drug-likeness (QED) is 0.702. The molecule has 8 nitrogen and oxygen atoms in total. The van der Waals surface area contributed by atoms with E-state index >= 15 is 0 Å². The van der Waals surface area contributed by atoms with Crippen LogP contribution in [-0.4, -0.2) is 44.5 Å². The Kier molecular flexibility index (Phi) is 5.32. The third-order valence-corrected chi connectivity index (χ3v) is 5.06. The molecule has 1 saturated carbocycles. The fraction of sp³-hybridized carbons (Fsp3) is 0.750. The highest BCUT2D eigenvalue weighted by molar-refractivity contribution is 5.83. The molecule has 0 spiro atoms. The van der Waals surface area contributed by atoms with Crippen molar-refractivity contribution < 1.29 is 9.59 Å². The predicted octanol–water partition coefficient (Wildman–Crippen LogP) is 0.676. The van der Waals surface area contributed by atoms with Crippen molar-refractivity contribution in [1.29, 1.82) is 0 Å². The van der Waals surface area contributed by atoms with Gasteiger partial charge < -0.3 is 10.2 Å². The maximum Gasteiger partial charge on any atom is 0.340 e. The van der Waals surface area contributed by atoms with Gasteiger partial charge in [0.2, 0.25) is 11.8 Å². The number of aromatic nitrogens is 3. The molecule has 1 aliphatic heterocycles. The van der Waals surface area contributed by atoms with E-state index in [1.807, 2.05) is 4.90 Å². The molecule has 132 valence electrons. The molecule has 2 fully saturated rings. The summed E-state index contributed by atoms with van der Waals surface area (Å²) in [6, 6.07) is 0.290. The Balaban J connectivity index is 1.56. The number of nitrogens with zero attached hydrogens (tertiary/aromatic N) is 2. The molecule has 8 heteroatoms. The lowest BCUT2D eigenvalue weighted by Gasteiger charge is -2.37. The van der Waals surface area contributed by atoms with Crippen LogP contribution in [0.1, 0.15) is 57.2 Å². The van der Waals surface area contributed by atoms with Crippen molar-refractivity contribution >= 4 is 11.8 Å². The van der Waals surface area contributed by atoms with Crippen LogP contribution in [0.3, 0.4) is 0 Å². The number of rotatable bonds is 4. The second kappa shape index (κ2) is 7.63. The molecule has 0 aromatic carbocycles. The Bertz CT molecular complexity index is 630. The molecule has 1 unspecified atom stereocenters. The zero-order valence-electron chi connectivity index (χ0n) is 13.8. The molecule has 24 heavy (non-hydrogen) atoms. The summed E-state index contributed by atoms with van der Waals surface area (Å²) in [6.45, 7) is 0.692. The first kappa shape index (κ1) is 16.7. The average Bonchev–Trinajstić information content (AvgIpc) is 2.83. The van der Waals surface area contributed by atoms with E-state index in [0.717, 1.165) is 25.7 Å². The van der Waals surface area contributed by atoms with Gasteiger partial charge in [-0.3, -0.25) is 14.6 Å². The van der Waals surface area contributed by atoms with Crippen LogP contribution in [0, 0.1) is 5.92 Å². The number of carbonyl (C=O) groups excluding carboxylic acids is 2. The molecule has 2 aliphatic rings. The predicted molar refractivity (Wildman–Crippen MR) is 87.0 cm³/mol. The second-order valence-electron chi connectivity index (χ2n) is 6.77. The first-order valence-electron chi connectivity index (χ1n) is 8.84. The molecule has 0 radical (unpaired) electrons. The topological polar surface area (TPSA) is 111 Å². The Morgan fingerprint density at radius 3 is 2.58 bits per heavy atom. The zero-order chi connectivity index (χ0) is 16.9.